The molecule has 0 N–H and O–H groups in total. The monoisotopic (exact) mass is 274 g/mol. The average Bonchev–Trinajstić information content (AvgIpc) is 2.86. The summed E-state index contributed by atoms with van der Waals surface area (Å²) in [5.41, 5.74) is 1.91. The number of carbonyl (C=O) groups excluding carboxylic acids is 1. The average molecular weight is 274 g/mol. The van der Waals surface area contributed by atoms with Crippen LogP contribution in [0.5, 0.6) is 11.5 Å². The number of hydrogen-bond donors (Lipinski definition) is 0. The smallest absolute Gasteiger partial charge is 0.200 e. The first-order valence-corrected chi connectivity index (χ1v) is 6.40. The lowest BCUT2D eigenvalue weighted by Crippen LogP contribution is -2.06. The Bertz CT molecular complexity index is 632. The summed E-state index contributed by atoms with van der Waals surface area (Å²) in [5, 5.41) is 4.30. The van der Waals surface area contributed by atoms with E-state index in [4.69, 9.17) is 9.47 Å². The van der Waals surface area contributed by atoms with Crippen LogP contribution in [0.2, 0.25) is 0 Å². The van der Waals surface area contributed by atoms with Crippen molar-refractivity contribution in [2.75, 3.05) is 14.2 Å². The molecule has 0 atom stereocenters. The van der Waals surface area contributed by atoms with Gasteiger partial charge in [-0.15, -0.1) is 0 Å². The summed E-state index contributed by atoms with van der Waals surface area (Å²) in [6.07, 6.45) is 2.45. The van der Waals surface area contributed by atoms with E-state index >= 15 is 0 Å². The van der Waals surface area contributed by atoms with Crippen LogP contribution >= 0.6 is 0 Å². The number of aromatic nitrogens is 2. The molecule has 1 heterocycles. The summed E-state index contributed by atoms with van der Waals surface area (Å²) in [5.74, 6) is 1.06. The quantitative estimate of drug-likeness (QED) is 0.785. The third kappa shape index (κ3) is 2.52. The minimum atomic E-state index is -0.0885. The molecule has 20 heavy (non-hydrogen) atoms. The largest absolute Gasteiger partial charge is 0.497 e. The van der Waals surface area contributed by atoms with Crippen molar-refractivity contribution in [3.05, 3.63) is 41.2 Å². The van der Waals surface area contributed by atoms with Crippen molar-refractivity contribution < 1.29 is 14.3 Å². The highest BCUT2D eigenvalue weighted by atomic mass is 16.5. The highest BCUT2D eigenvalue weighted by Crippen LogP contribution is 2.27. The van der Waals surface area contributed by atoms with Gasteiger partial charge in [-0.25, -0.2) is 0 Å². The Labute approximate surface area is 118 Å². The molecular weight excluding hydrogens is 256 g/mol. The third-order valence-electron chi connectivity index (χ3n) is 3.14. The van der Waals surface area contributed by atoms with Gasteiger partial charge in [0.05, 0.1) is 31.0 Å². The van der Waals surface area contributed by atoms with E-state index in [1.165, 1.54) is 7.11 Å². The molecule has 0 unspecified atom stereocenters. The van der Waals surface area contributed by atoms with Gasteiger partial charge in [0.15, 0.2) is 5.78 Å². The number of nitrogens with zero attached hydrogens (tertiary/aromatic N) is 2. The van der Waals surface area contributed by atoms with Gasteiger partial charge in [-0.3, -0.25) is 9.48 Å². The molecule has 0 aliphatic heterocycles. The zero-order valence-electron chi connectivity index (χ0n) is 12.1. The van der Waals surface area contributed by atoms with Gasteiger partial charge in [-0.2, -0.15) is 5.10 Å². The van der Waals surface area contributed by atoms with Crippen molar-refractivity contribution in [2.24, 2.45) is 7.05 Å². The predicted octanol–water partition coefficient (Wildman–Crippen LogP) is 2.23. The lowest BCUT2D eigenvalue weighted by atomic mass is 10.0. The molecule has 0 spiro atoms. The lowest BCUT2D eigenvalue weighted by Gasteiger charge is -2.09. The van der Waals surface area contributed by atoms with E-state index in [1.54, 1.807) is 43.2 Å². The van der Waals surface area contributed by atoms with Gasteiger partial charge in [0.2, 0.25) is 0 Å². The minimum Gasteiger partial charge on any atom is -0.497 e. The van der Waals surface area contributed by atoms with Crippen molar-refractivity contribution in [3.8, 4) is 11.5 Å². The number of ketones is 1. The first-order chi connectivity index (χ1) is 9.60. The Balaban J connectivity index is 2.47. The van der Waals surface area contributed by atoms with E-state index in [0.717, 1.165) is 5.69 Å². The number of methoxy groups -OCH3 is 2. The Hall–Kier alpha value is -2.30. The second-order valence-electron chi connectivity index (χ2n) is 4.41. The molecule has 0 saturated carbocycles. The minimum absolute atomic E-state index is 0.0885. The van der Waals surface area contributed by atoms with Gasteiger partial charge in [-0.1, -0.05) is 6.92 Å². The van der Waals surface area contributed by atoms with Crippen LogP contribution < -0.4 is 9.47 Å². The summed E-state index contributed by atoms with van der Waals surface area (Å²) in [6.45, 7) is 1.98. The Morgan fingerprint density at radius 2 is 2.00 bits per heavy atom. The van der Waals surface area contributed by atoms with Gasteiger partial charge in [0.25, 0.3) is 0 Å². The normalized spacial score (nSPS) is 10.4. The van der Waals surface area contributed by atoms with Gasteiger partial charge in [-0.05, 0) is 18.6 Å². The van der Waals surface area contributed by atoms with Gasteiger partial charge >= 0.3 is 0 Å². The van der Waals surface area contributed by atoms with Crippen LogP contribution in [0.1, 0.15) is 28.5 Å². The van der Waals surface area contributed by atoms with E-state index in [2.05, 4.69) is 5.10 Å². The fourth-order valence-electron chi connectivity index (χ4n) is 2.12. The summed E-state index contributed by atoms with van der Waals surface area (Å²) < 4.78 is 12.1. The molecule has 1 aromatic carbocycles. The summed E-state index contributed by atoms with van der Waals surface area (Å²) in [6, 6.07) is 5.17. The van der Waals surface area contributed by atoms with Crippen molar-refractivity contribution in [3.63, 3.8) is 0 Å². The van der Waals surface area contributed by atoms with Gasteiger partial charge < -0.3 is 9.47 Å². The molecule has 0 saturated heterocycles. The van der Waals surface area contributed by atoms with Gasteiger partial charge in [0.1, 0.15) is 11.5 Å². The first kappa shape index (κ1) is 14.1. The molecule has 2 aromatic rings. The number of benzene rings is 1. The van der Waals surface area contributed by atoms with Crippen molar-refractivity contribution in [1.29, 1.82) is 0 Å². The maximum Gasteiger partial charge on any atom is 0.200 e. The molecule has 0 aliphatic carbocycles. The van der Waals surface area contributed by atoms with Crippen molar-refractivity contribution >= 4 is 5.78 Å². The first-order valence-electron chi connectivity index (χ1n) is 6.40. The molecule has 0 radical (unpaired) electrons. The molecule has 5 heteroatoms. The Kier molecular flexibility index (Phi) is 4.08. The number of hydrogen-bond acceptors (Lipinski definition) is 4. The predicted molar refractivity (Wildman–Crippen MR) is 75.6 cm³/mol. The van der Waals surface area contributed by atoms with Crippen molar-refractivity contribution in [2.45, 2.75) is 13.3 Å². The number of ether oxygens (including phenoxy) is 2. The molecule has 0 fully saturated rings. The van der Waals surface area contributed by atoms with Crippen LogP contribution in [0.3, 0.4) is 0 Å². The van der Waals surface area contributed by atoms with E-state index in [1.807, 2.05) is 6.92 Å². The summed E-state index contributed by atoms with van der Waals surface area (Å²) >= 11 is 0. The number of aryl methyl sites for hydroxylation is 2. The SMILES string of the molecule is CCc1nn(C)cc1C(=O)c1ccc(OC)cc1OC. The van der Waals surface area contributed by atoms with E-state index in [9.17, 15) is 4.79 Å². The van der Waals surface area contributed by atoms with Crippen molar-refractivity contribution in [1.82, 2.24) is 9.78 Å². The third-order valence-corrected chi connectivity index (χ3v) is 3.14. The van der Waals surface area contributed by atoms with E-state index in [0.29, 0.717) is 29.0 Å². The van der Waals surface area contributed by atoms with Gasteiger partial charge in [0, 0.05) is 19.3 Å². The zero-order chi connectivity index (χ0) is 14.7. The summed E-state index contributed by atoms with van der Waals surface area (Å²) in [7, 11) is 4.92. The highest BCUT2D eigenvalue weighted by molar-refractivity contribution is 6.11. The highest BCUT2D eigenvalue weighted by Gasteiger charge is 2.20. The maximum atomic E-state index is 12.6. The molecule has 0 amide bonds. The lowest BCUT2D eigenvalue weighted by molar-refractivity contribution is 0.103. The van der Waals surface area contributed by atoms with Crippen LogP contribution in [0.4, 0.5) is 0 Å². The van der Waals surface area contributed by atoms with Crippen LogP contribution in [-0.4, -0.2) is 29.8 Å². The second-order valence-corrected chi connectivity index (χ2v) is 4.41. The zero-order valence-corrected chi connectivity index (χ0v) is 12.1. The van der Waals surface area contributed by atoms with E-state index in [-0.39, 0.29) is 5.78 Å². The molecule has 0 aliphatic rings. The Morgan fingerprint density at radius 3 is 2.60 bits per heavy atom. The fourth-order valence-corrected chi connectivity index (χ4v) is 2.12. The van der Waals surface area contributed by atoms with Crippen LogP contribution in [0.25, 0.3) is 0 Å². The molecular formula is C15H18N2O3. The molecule has 0 bridgehead atoms. The van der Waals surface area contributed by atoms with E-state index < -0.39 is 0 Å². The van der Waals surface area contributed by atoms with Crippen LogP contribution in [0.15, 0.2) is 24.4 Å². The molecule has 2 rings (SSSR count). The summed E-state index contributed by atoms with van der Waals surface area (Å²) in [4.78, 5) is 12.6. The Morgan fingerprint density at radius 1 is 1.25 bits per heavy atom. The molecule has 1 aromatic heterocycles. The molecule has 5 nitrogen and oxygen atoms in total. The van der Waals surface area contributed by atoms with Crippen LogP contribution in [-0.2, 0) is 13.5 Å². The topological polar surface area (TPSA) is 53.4 Å². The number of carbonyl (C=O) groups is 1. The van der Waals surface area contributed by atoms with Crippen LogP contribution in [0, 0.1) is 0 Å². The standard InChI is InChI=1S/C15H18N2O3/c1-5-13-12(9-17(2)16-13)15(18)11-7-6-10(19-3)8-14(11)20-4/h6-9H,5H2,1-4H3. The maximum absolute atomic E-state index is 12.6. The second kappa shape index (κ2) is 5.77. The fraction of sp³-hybridized carbons (Fsp3) is 0.333. The number of rotatable bonds is 5. The molecule has 106 valence electrons.